The van der Waals surface area contributed by atoms with Crippen LogP contribution >= 0.6 is 0 Å². The number of piperazine rings is 1. The third-order valence-electron chi connectivity index (χ3n) is 4.28. The van der Waals surface area contributed by atoms with Gasteiger partial charge in [-0.2, -0.15) is 5.10 Å². The minimum atomic E-state index is -0.463. The molecule has 0 radical (unpaired) electrons. The number of aromatic nitrogens is 2. The van der Waals surface area contributed by atoms with Gasteiger partial charge in [0.15, 0.2) is 5.76 Å². The quantitative estimate of drug-likeness (QED) is 0.765. The summed E-state index contributed by atoms with van der Waals surface area (Å²) in [4.78, 5) is 14.4. The van der Waals surface area contributed by atoms with E-state index >= 15 is 0 Å². The third-order valence-corrected chi connectivity index (χ3v) is 4.28. The predicted molar refractivity (Wildman–Crippen MR) is 88.9 cm³/mol. The van der Waals surface area contributed by atoms with Gasteiger partial charge < -0.3 is 9.73 Å². The van der Waals surface area contributed by atoms with Gasteiger partial charge in [-0.05, 0) is 35.9 Å². The number of hydrogen-bond donors (Lipinski definition) is 2. The number of amides is 1. The first-order chi connectivity index (χ1) is 12.2. The molecule has 3 aromatic rings. The predicted octanol–water partition coefficient (Wildman–Crippen LogP) is 2.48. The van der Waals surface area contributed by atoms with Crippen LogP contribution < -0.4 is 5.32 Å². The number of carbonyl (C=O) groups is 1. The van der Waals surface area contributed by atoms with Gasteiger partial charge in [0.25, 0.3) is 0 Å². The van der Waals surface area contributed by atoms with Crippen molar-refractivity contribution in [2.45, 2.75) is 12.6 Å². The van der Waals surface area contributed by atoms with Crippen LogP contribution in [0.2, 0.25) is 0 Å². The van der Waals surface area contributed by atoms with Crippen LogP contribution in [-0.2, 0) is 11.3 Å². The maximum atomic E-state index is 13.2. The van der Waals surface area contributed by atoms with Crippen LogP contribution in [0.15, 0.2) is 53.1 Å². The van der Waals surface area contributed by atoms with Crippen LogP contribution in [0.4, 0.5) is 4.39 Å². The maximum absolute atomic E-state index is 13.2. The van der Waals surface area contributed by atoms with Gasteiger partial charge in [-0.3, -0.25) is 14.8 Å². The number of nitrogens with zero attached hydrogens (tertiary/aromatic N) is 2. The number of H-pyrrole nitrogens is 1. The van der Waals surface area contributed by atoms with Crippen LogP contribution in [0.3, 0.4) is 0 Å². The lowest BCUT2D eigenvalue weighted by Gasteiger charge is -2.34. The Morgan fingerprint density at radius 3 is 2.80 bits per heavy atom. The molecule has 4 rings (SSSR count). The normalized spacial score (nSPS) is 18.3. The molecule has 1 unspecified atom stereocenters. The van der Waals surface area contributed by atoms with Gasteiger partial charge in [-0.15, -0.1) is 0 Å². The molecular weight excluding hydrogens is 323 g/mol. The fourth-order valence-corrected chi connectivity index (χ4v) is 3.09. The zero-order chi connectivity index (χ0) is 17.2. The van der Waals surface area contributed by atoms with Crippen LogP contribution in [0.1, 0.15) is 17.4 Å². The van der Waals surface area contributed by atoms with E-state index in [1.807, 2.05) is 23.1 Å². The first kappa shape index (κ1) is 15.6. The molecule has 1 amide bonds. The van der Waals surface area contributed by atoms with E-state index in [0.717, 1.165) is 17.0 Å². The molecule has 128 valence electrons. The van der Waals surface area contributed by atoms with Gasteiger partial charge >= 0.3 is 0 Å². The molecule has 1 aromatic carbocycles. The number of benzene rings is 1. The van der Waals surface area contributed by atoms with E-state index in [0.29, 0.717) is 25.4 Å². The van der Waals surface area contributed by atoms with Crippen LogP contribution in [0.5, 0.6) is 0 Å². The van der Waals surface area contributed by atoms with Crippen LogP contribution in [0, 0.1) is 5.82 Å². The Labute approximate surface area is 143 Å². The minimum absolute atomic E-state index is 0.0850. The molecule has 1 aliphatic heterocycles. The molecule has 0 saturated carbocycles. The summed E-state index contributed by atoms with van der Waals surface area (Å²) in [5.41, 5.74) is 1.57. The minimum Gasteiger partial charge on any atom is -0.458 e. The van der Waals surface area contributed by atoms with E-state index in [1.165, 1.54) is 12.1 Å². The molecule has 0 bridgehead atoms. The van der Waals surface area contributed by atoms with Gasteiger partial charge in [-0.1, -0.05) is 12.1 Å². The van der Waals surface area contributed by atoms with Gasteiger partial charge in [0, 0.05) is 19.3 Å². The smallest absolute Gasteiger partial charge is 0.242 e. The zero-order valence-electron chi connectivity index (χ0n) is 13.4. The van der Waals surface area contributed by atoms with Gasteiger partial charge in [0.05, 0.1) is 6.54 Å². The van der Waals surface area contributed by atoms with Crippen LogP contribution in [-0.4, -0.2) is 34.1 Å². The van der Waals surface area contributed by atoms with E-state index in [-0.39, 0.29) is 11.7 Å². The molecule has 0 spiro atoms. The number of carbonyl (C=O) groups excluding carboxylic acids is 1. The monoisotopic (exact) mass is 340 g/mol. The highest BCUT2D eigenvalue weighted by atomic mass is 19.1. The van der Waals surface area contributed by atoms with E-state index in [1.54, 1.807) is 18.3 Å². The van der Waals surface area contributed by atoms with Crippen molar-refractivity contribution < 1.29 is 13.6 Å². The number of halogens is 1. The van der Waals surface area contributed by atoms with Crippen molar-refractivity contribution in [1.29, 1.82) is 0 Å². The average molecular weight is 340 g/mol. The fourth-order valence-electron chi connectivity index (χ4n) is 3.09. The van der Waals surface area contributed by atoms with Crippen molar-refractivity contribution in [3.05, 3.63) is 65.8 Å². The number of hydrogen-bond acceptors (Lipinski definition) is 4. The lowest BCUT2D eigenvalue weighted by molar-refractivity contribution is -0.129. The second-order valence-corrected chi connectivity index (χ2v) is 5.95. The summed E-state index contributed by atoms with van der Waals surface area (Å²) in [5.74, 6) is 1.05. The molecule has 1 atom stereocenters. The standard InChI is InChI=1S/C18H17FN4O2/c19-13-3-1-12(2-4-13)17-18(24)20-9-10-23(17)11-14-5-6-16(25-14)15-7-8-21-22-15/h1-8,17H,9-11H2,(H,20,24)(H,21,22). The molecule has 1 saturated heterocycles. The highest BCUT2D eigenvalue weighted by molar-refractivity contribution is 5.83. The summed E-state index contributed by atoms with van der Waals surface area (Å²) >= 11 is 0. The highest BCUT2D eigenvalue weighted by Crippen LogP contribution is 2.27. The molecule has 1 fully saturated rings. The Morgan fingerprint density at radius 2 is 2.04 bits per heavy atom. The third kappa shape index (κ3) is 3.18. The Bertz CT molecular complexity index is 858. The number of rotatable bonds is 4. The summed E-state index contributed by atoms with van der Waals surface area (Å²) in [6.07, 6.45) is 1.66. The molecule has 6 nitrogen and oxygen atoms in total. The summed E-state index contributed by atoms with van der Waals surface area (Å²) in [5, 5.41) is 9.64. The molecule has 25 heavy (non-hydrogen) atoms. The Morgan fingerprint density at radius 1 is 1.20 bits per heavy atom. The molecule has 1 aliphatic rings. The van der Waals surface area contributed by atoms with E-state index in [9.17, 15) is 9.18 Å². The average Bonchev–Trinajstić information content (AvgIpc) is 3.28. The lowest BCUT2D eigenvalue weighted by atomic mass is 10.0. The summed E-state index contributed by atoms with van der Waals surface area (Å²) in [7, 11) is 0. The van der Waals surface area contributed by atoms with Crippen molar-refractivity contribution in [3.63, 3.8) is 0 Å². The second-order valence-electron chi connectivity index (χ2n) is 5.95. The highest BCUT2D eigenvalue weighted by Gasteiger charge is 2.31. The van der Waals surface area contributed by atoms with E-state index < -0.39 is 6.04 Å². The first-order valence-corrected chi connectivity index (χ1v) is 8.06. The summed E-state index contributed by atoms with van der Waals surface area (Å²) in [6.45, 7) is 1.75. The van der Waals surface area contributed by atoms with Crippen molar-refractivity contribution in [2.75, 3.05) is 13.1 Å². The lowest BCUT2D eigenvalue weighted by Crippen LogP contribution is -2.49. The summed E-state index contributed by atoms with van der Waals surface area (Å²) < 4.78 is 19.1. The van der Waals surface area contributed by atoms with E-state index in [2.05, 4.69) is 15.5 Å². The molecule has 2 aromatic heterocycles. The first-order valence-electron chi connectivity index (χ1n) is 8.06. The number of nitrogens with one attached hydrogen (secondary N) is 2. The fraction of sp³-hybridized carbons (Fsp3) is 0.222. The Hall–Kier alpha value is -2.93. The Kier molecular flexibility index (Phi) is 4.07. The SMILES string of the molecule is O=C1NCCN(Cc2ccc(-c3ccn[nH]3)o2)C1c1ccc(F)cc1. The second kappa shape index (κ2) is 6.52. The molecular formula is C18H17FN4O2. The van der Waals surface area contributed by atoms with Gasteiger partial charge in [-0.25, -0.2) is 4.39 Å². The molecule has 7 heteroatoms. The summed E-state index contributed by atoms with van der Waals surface area (Å²) in [6, 6.07) is 11.2. The van der Waals surface area contributed by atoms with Gasteiger partial charge in [0.2, 0.25) is 5.91 Å². The van der Waals surface area contributed by atoms with E-state index in [4.69, 9.17) is 4.42 Å². The topological polar surface area (TPSA) is 74.2 Å². The zero-order valence-corrected chi connectivity index (χ0v) is 13.4. The molecule has 3 heterocycles. The van der Waals surface area contributed by atoms with Crippen molar-refractivity contribution in [2.24, 2.45) is 0 Å². The van der Waals surface area contributed by atoms with Crippen molar-refractivity contribution in [1.82, 2.24) is 20.4 Å². The van der Waals surface area contributed by atoms with Crippen molar-refractivity contribution >= 4 is 5.91 Å². The number of furan rings is 1. The van der Waals surface area contributed by atoms with Crippen molar-refractivity contribution in [3.8, 4) is 11.5 Å². The maximum Gasteiger partial charge on any atom is 0.242 e. The largest absolute Gasteiger partial charge is 0.458 e. The van der Waals surface area contributed by atoms with Crippen LogP contribution in [0.25, 0.3) is 11.5 Å². The molecule has 0 aliphatic carbocycles. The Balaban J connectivity index is 1.57. The molecule has 2 N–H and O–H groups in total. The van der Waals surface area contributed by atoms with Gasteiger partial charge in [0.1, 0.15) is 23.3 Å². The number of aromatic amines is 1.